The van der Waals surface area contributed by atoms with Crippen LogP contribution in [0.2, 0.25) is 5.02 Å². The fourth-order valence-corrected chi connectivity index (χ4v) is 3.70. The van der Waals surface area contributed by atoms with Crippen LogP contribution in [0, 0.1) is 18.3 Å². The lowest BCUT2D eigenvalue weighted by atomic mass is 10.1. The number of anilines is 1. The first-order valence-electron chi connectivity index (χ1n) is 9.64. The van der Waals surface area contributed by atoms with E-state index in [1.165, 1.54) is 25.8 Å². The standard InChI is InChI=1S/C22H22ClN3O4S/c1-11-7-18(19(29-3)9-16(11)23)25-20(27)12(2)30-22(28)14-8-17(13-5-6-13)26-21(31-4)15(14)10-24/h7-9,12-13H,5-6H2,1-4H3,(H,25,27). The van der Waals surface area contributed by atoms with Crippen molar-refractivity contribution in [1.82, 2.24) is 4.98 Å². The van der Waals surface area contributed by atoms with Crippen molar-refractivity contribution >= 4 is 40.9 Å². The maximum Gasteiger partial charge on any atom is 0.340 e. The first-order valence-corrected chi connectivity index (χ1v) is 11.2. The molecule has 7 nitrogen and oxygen atoms in total. The van der Waals surface area contributed by atoms with Gasteiger partial charge in [-0.2, -0.15) is 5.26 Å². The van der Waals surface area contributed by atoms with Gasteiger partial charge in [0.2, 0.25) is 0 Å². The van der Waals surface area contributed by atoms with Crippen molar-refractivity contribution in [3.63, 3.8) is 0 Å². The van der Waals surface area contributed by atoms with E-state index in [2.05, 4.69) is 10.3 Å². The number of carbonyl (C=O) groups excluding carboxylic acids is 2. The summed E-state index contributed by atoms with van der Waals surface area (Å²) in [6.07, 6.45) is 2.70. The van der Waals surface area contributed by atoms with E-state index in [1.54, 1.807) is 31.4 Å². The number of nitriles is 1. The van der Waals surface area contributed by atoms with Crippen LogP contribution in [-0.4, -0.2) is 36.3 Å². The lowest BCUT2D eigenvalue weighted by molar-refractivity contribution is -0.123. The number of ether oxygens (including phenoxy) is 2. The third kappa shape index (κ3) is 5.12. The van der Waals surface area contributed by atoms with Gasteiger partial charge in [0.1, 0.15) is 16.8 Å². The molecule has 1 saturated carbocycles. The lowest BCUT2D eigenvalue weighted by Gasteiger charge is -2.17. The number of amides is 1. The number of halogens is 1. The summed E-state index contributed by atoms with van der Waals surface area (Å²) in [4.78, 5) is 30.0. The van der Waals surface area contributed by atoms with Crippen molar-refractivity contribution in [2.75, 3.05) is 18.7 Å². The normalized spacial score (nSPS) is 13.8. The van der Waals surface area contributed by atoms with Crippen molar-refractivity contribution < 1.29 is 19.1 Å². The summed E-state index contributed by atoms with van der Waals surface area (Å²) < 4.78 is 10.6. The molecule has 1 fully saturated rings. The summed E-state index contributed by atoms with van der Waals surface area (Å²) in [5, 5.41) is 13.2. The van der Waals surface area contributed by atoms with Gasteiger partial charge in [-0.15, -0.1) is 11.8 Å². The summed E-state index contributed by atoms with van der Waals surface area (Å²) in [6, 6.07) is 6.92. The van der Waals surface area contributed by atoms with Crippen LogP contribution >= 0.6 is 23.4 Å². The Hall–Kier alpha value is -2.76. The Morgan fingerprint density at radius 1 is 1.35 bits per heavy atom. The van der Waals surface area contributed by atoms with Gasteiger partial charge in [0.05, 0.1) is 23.9 Å². The highest BCUT2D eigenvalue weighted by Crippen LogP contribution is 2.40. The van der Waals surface area contributed by atoms with Gasteiger partial charge >= 0.3 is 5.97 Å². The van der Waals surface area contributed by atoms with Gasteiger partial charge in [-0.1, -0.05) is 11.6 Å². The number of carbonyl (C=O) groups is 2. The SMILES string of the molecule is COc1cc(Cl)c(C)cc1NC(=O)C(C)OC(=O)c1cc(C2CC2)nc(SC)c1C#N. The van der Waals surface area contributed by atoms with Gasteiger partial charge in [-0.25, -0.2) is 9.78 Å². The Morgan fingerprint density at radius 2 is 2.06 bits per heavy atom. The molecule has 9 heteroatoms. The summed E-state index contributed by atoms with van der Waals surface area (Å²) in [6.45, 7) is 3.27. The number of esters is 1. The lowest BCUT2D eigenvalue weighted by Crippen LogP contribution is -2.30. The fourth-order valence-electron chi connectivity index (χ4n) is 2.99. The Labute approximate surface area is 190 Å². The number of thioether (sulfide) groups is 1. The molecule has 2 aromatic rings. The minimum Gasteiger partial charge on any atom is -0.495 e. The Morgan fingerprint density at radius 3 is 2.65 bits per heavy atom. The first-order chi connectivity index (χ1) is 14.8. The molecule has 0 saturated heterocycles. The minimum absolute atomic E-state index is 0.128. The zero-order chi connectivity index (χ0) is 22.7. The highest BCUT2D eigenvalue weighted by Gasteiger charge is 2.30. The molecule has 1 aliphatic rings. The van der Waals surface area contributed by atoms with Crippen LogP contribution in [0.5, 0.6) is 5.75 Å². The third-order valence-electron chi connectivity index (χ3n) is 4.92. The largest absolute Gasteiger partial charge is 0.495 e. The van der Waals surface area contributed by atoms with E-state index >= 15 is 0 Å². The molecule has 0 bridgehead atoms. The number of nitrogens with one attached hydrogen (secondary N) is 1. The second-order valence-corrected chi connectivity index (χ2v) is 8.41. The van der Waals surface area contributed by atoms with Crippen LogP contribution < -0.4 is 10.1 Å². The van der Waals surface area contributed by atoms with E-state index in [9.17, 15) is 14.9 Å². The molecule has 1 N–H and O–H groups in total. The molecule has 162 valence electrons. The zero-order valence-corrected chi connectivity index (χ0v) is 19.2. The smallest absolute Gasteiger partial charge is 0.340 e. The van der Waals surface area contributed by atoms with E-state index in [0.29, 0.717) is 27.4 Å². The quantitative estimate of drug-likeness (QED) is 0.472. The van der Waals surface area contributed by atoms with Crippen molar-refractivity contribution in [1.29, 1.82) is 5.26 Å². The van der Waals surface area contributed by atoms with Crippen molar-refractivity contribution in [3.8, 4) is 11.8 Å². The van der Waals surface area contributed by atoms with Crippen molar-refractivity contribution in [2.45, 2.75) is 43.7 Å². The van der Waals surface area contributed by atoms with Gasteiger partial charge in [0.15, 0.2) is 6.10 Å². The van der Waals surface area contributed by atoms with E-state index in [4.69, 9.17) is 21.1 Å². The zero-order valence-electron chi connectivity index (χ0n) is 17.6. The van der Waals surface area contributed by atoms with Crippen LogP contribution in [0.15, 0.2) is 23.2 Å². The van der Waals surface area contributed by atoms with Crippen LogP contribution in [0.25, 0.3) is 0 Å². The van der Waals surface area contributed by atoms with Crippen LogP contribution in [-0.2, 0) is 9.53 Å². The number of methoxy groups -OCH3 is 1. The monoisotopic (exact) mass is 459 g/mol. The summed E-state index contributed by atoms with van der Waals surface area (Å²) in [7, 11) is 1.47. The number of benzene rings is 1. The molecule has 1 aromatic heterocycles. The molecule has 3 rings (SSSR count). The molecule has 1 atom stereocenters. The van der Waals surface area contributed by atoms with Crippen LogP contribution in [0.3, 0.4) is 0 Å². The molecule has 0 spiro atoms. The molecule has 0 aliphatic heterocycles. The Kier molecular flexibility index (Phi) is 7.08. The van der Waals surface area contributed by atoms with Gasteiger partial charge in [0.25, 0.3) is 5.91 Å². The average molecular weight is 460 g/mol. The molecular weight excluding hydrogens is 438 g/mol. The predicted octanol–water partition coefficient (Wildman–Crippen LogP) is 4.71. The summed E-state index contributed by atoms with van der Waals surface area (Å²) >= 11 is 7.40. The van der Waals surface area contributed by atoms with E-state index in [0.717, 1.165) is 24.1 Å². The van der Waals surface area contributed by atoms with Gasteiger partial charge in [0, 0.05) is 22.7 Å². The van der Waals surface area contributed by atoms with Crippen LogP contribution in [0.1, 0.15) is 52.9 Å². The topological polar surface area (TPSA) is 101 Å². The number of aromatic nitrogens is 1. The molecule has 31 heavy (non-hydrogen) atoms. The van der Waals surface area contributed by atoms with E-state index in [-0.39, 0.29) is 11.1 Å². The second kappa shape index (κ2) is 9.58. The summed E-state index contributed by atoms with van der Waals surface area (Å²) in [5.41, 5.74) is 2.23. The second-order valence-electron chi connectivity index (χ2n) is 7.20. The molecule has 1 aromatic carbocycles. The van der Waals surface area contributed by atoms with Crippen molar-refractivity contribution in [3.05, 3.63) is 45.6 Å². The van der Waals surface area contributed by atoms with Crippen LogP contribution in [0.4, 0.5) is 5.69 Å². The minimum atomic E-state index is -1.10. The molecule has 1 aliphatic carbocycles. The van der Waals surface area contributed by atoms with E-state index in [1.807, 2.05) is 6.07 Å². The predicted molar refractivity (Wildman–Crippen MR) is 119 cm³/mol. The van der Waals surface area contributed by atoms with Gasteiger partial charge in [-0.3, -0.25) is 4.79 Å². The number of hydrogen-bond donors (Lipinski definition) is 1. The molecule has 1 heterocycles. The van der Waals surface area contributed by atoms with E-state index < -0.39 is 18.0 Å². The van der Waals surface area contributed by atoms with Crippen molar-refractivity contribution in [2.24, 2.45) is 0 Å². The maximum atomic E-state index is 12.8. The highest BCUT2D eigenvalue weighted by atomic mass is 35.5. The van der Waals surface area contributed by atoms with Gasteiger partial charge in [-0.05, 0) is 50.6 Å². The Balaban J connectivity index is 1.79. The summed E-state index contributed by atoms with van der Waals surface area (Å²) in [5.74, 6) is -0.583. The highest BCUT2D eigenvalue weighted by molar-refractivity contribution is 7.98. The fraction of sp³-hybridized carbons (Fsp3) is 0.364. The molecule has 1 unspecified atom stereocenters. The number of hydrogen-bond acceptors (Lipinski definition) is 7. The number of rotatable bonds is 7. The maximum absolute atomic E-state index is 12.8. The Bertz CT molecular complexity index is 1080. The number of aryl methyl sites for hydroxylation is 1. The third-order valence-corrected chi connectivity index (χ3v) is 6.01. The first kappa shape index (κ1) is 22.9. The number of nitrogens with zero attached hydrogens (tertiary/aromatic N) is 2. The molecular formula is C22H22ClN3O4S. The molecule has 0 radical (unpaired) electrons. The average Bonchev–Trinajstić information content (AvgIpc) is 3.60. The number of pyridine rings is 1. The molecule has 1 amide bonds. The van der Waals surface area contributed by atoms with Gasteiger partial charge < -0.3 is 14.8 Å².